The molecule has 1 aromatic carbocycles. The normalized spacial score (nSPS) is 19.0. The quantitative estimate of drug-likeness (QED) is 0.746. The lowest BCUT2D eigenvalue weighted by atomic mass is 10.2. The van der Waals surface area contributed by atoms with Crippen LogP contribution < -0.4 is 0 Å². The van der Waals surface area contributed by atoms with E-state index in [1.54, 1.807) is 0 Å². The second kappa shape index (κ2) is 4.80. The number of rotatable bonds is 2. The highest BCUT2D eigenvalue weighted by Gasteiger charge is 2.39. The SMILES string of the molecule is Clc1ccccc1.O=C(C1CC1)C1CC1. The predicted molar refractivity (Wildman–Crippen MR) is 61.9 cm³/mol. The third-order valence-electron chi connectivity index (χ3n) is 2.69. The van der Waals surface area contributed by atoms with Gasteiger partial charge < -0.3 is 0 Å². The topological polar surface area (TPSA) is 17.1 Å². The van der Waals surface area contributed by atoms with Crippen molar-refractivity contribution >= 4 is 17.4 Å². The molecule has 2 heteroatoms. The van der Waals surface area contributed by atoms with Crippen LogP contribution in [-0.2, 0) is 4.79 Å². The summed E-state index contributed by atoms with van der Waals surface area (Å²) in [6.07, 6.45) is 4.76. The summed E-state index contributed by atoms with van der Waals surface area (Å²) in [5, 5.41) is 0.794. The molecule has 0 bridgehead atoms. The lowest BCUT2D eigenvalue weighted by Crippen LogP contribution is -2.01. The number of hydrogen-bond acceptors (Lipinski definition) is 1. The highest BCUT2D eigenvalue weighted by molar-refractivity contribution is 6.30. The van der Waals surface area contributed by atoms with Crippen molar-refractivity contribution in [3.05, 3.63) is 35.4 Å². The molecule has 1 nitrogen and oxygen atoms in total. The molecule has 0 aromatic heterocycles. The van der Waals surface area contributed by atoms with Crippen LogP contribution in [0.15, 0.2) is 30.3 Å². The second-order valence-electron chi connectivity index (χ2n) is 4.25. The van der Waals surface area contributed by atoms with E-state index in [1.165, 1.54) is 25.7 Å². The van der Waals surface area contributed by atoms with Crippen LogP contribution in [-0.4, -0.2) is 5.78 Å². The summed E-state index contributed by atoms with van der Waals surface area (Å²) in [5.41, 5.74) is 0. The van der Waals surface area contributed by atoms with Crippen molar-refractivity contribution in [2.45, 2.75) is 25.7 Å². The summed E-state index contributed by atoms with van der Waals surface area (Å²) < 4.78 is 0. The van der Waals surface area contributed by atoms with Gasteiger partial charge in [0, 0.05) is 16.9 Å². The third kappa shape index (κ3) is 3.67. The zero-order chi connectivity index (χ0) is 10.7. The molecule has 0 amide bonds. The molecule has 0 radical (unpaired) electrons. The first kappa shape index (κ1) is 10.7. The molecule has 80 valence electrons. The maximum atomic E-state index is 11.0. The van der Waals surface area contributed by atoms with Gasteiger partial charge >= 0.3 is 0 Å². The molecule has 15 heavy (non-hydrogen) atoms. The molecule has 0 spiro atoms. The molecule has 2 fully saturated rings. The Bertz CT molecular complexity index is 312. The second-order valence-corrected chi connectivity index (χ2v) is 4.68. The summed E-state index contributed by atoms with van der Waals surface area (Å²) in [6, 6.07) is 9.44. The van der Waals surface area contributed by atoms with Gasteiger partial charge in [-0.05, 0) is 37.8 Å². The molecule has 0 saturated heterocycles. The maximum Gasteiger partial charge on any atom is 0.139 e. The number of carbonyl (C=O) groups is 1. The van der Waals surface area contributed by atoms with Crippen LogP contribution in [0.1, 0.15) is 25.7 Å². The lowest BCUT2D eigenvalue weighted by Gasteiger charge is -1.87. The van der Waals surface area contributed by atoms with Crippen LogP contribution in [0.3, 0.4) is 0 Å². The van der Waals surface area contributed by atoms with E-state index < -0.39 is 0 Å². The number of benzene rings is 1. The van der Waals surface area contributed by atoms with Crippen LogP contribution in [0, 0.1) is 11.8 Å². The summed E-state index contributed by atoms with van der Waals surface area (Å²) in [5.74, 6) is 1.61. The van der Waals surface area contributed by atoms with E-state index in [4.69, 9.17) is 11.6 Å². The molecule has 1 aromatic rings. The van der Waals surface area contributed by atoms with Crippen molar-refractivity contribution in [2.24, 2.45) is 11.8 Å². The van der Waals surface area contributed by atoms with E-state index in [0.29, 0.717) is 17.6 Å². The molecule has 2 aliphatic rings. The van der Waals surface area contributed by atoms with Gasteiger partial charge in [0.2, 0.25) is 0 Å². The highest BCUT2D eigenvalue weighted by Crippen LogP contribution is 2.40. The average molecular weight is 223 g/mol. The molecule has 3 rings (SSSR count). The van der Waals surface area contributed by atoms with Crippen molar-refractivity contribution < 1.29 is 4.79 Å². The smallest absolute Gasteiger partial charge is 0.139 e. The van der Waals surface area contributed by atoms with Gasteiger partial charge in [-0.25, -0.2) is 0 Å². The molecular formula is C13H15ClO. The number of ketones is 1. The Morgan fingerprint density at radius 1 is 1.00 bits per heavy atom. The average Bonchev–Trinajstić information content (AvgIpc) is 3.11. The van der Waals surface area contributed by atoms with Gasteiger partial charge in [-0.2, -0.15) is 0 Å². The summed E-state index contributed by atoms with van der Waals surface area (Å²) in [6.45, 7) is 0. The van der Waals surface area contributed by atoms with Crippen LogP contribution >= 0.6 is 11.6 Å². The fourth-order valence-electron chi connectivity index (χ4n) is 1.48. The van der Waals surface area contributed by atoms with Crippen molar-refractivity contribution in [3.8, 4) is 0 Å². The molecular weight excluding hydrogens is 208 g/mol. The van der Waals surface area contributed by atoms with Gasteiger partial charge in [0.15, 0.2) is 0 Å². The Hall–Kier alpha value is -0.820. The van der Waals surface area contributed by atoms with E-state index in [-0.39, 0.29) is 0 Å². The minimum absolute atomic E-state index is 0.516. The Morgan fingerprint density at radius 3 is 1.73 bits per heavy atom. The van der Waals surface area contributed by atoms with Crippen molar-refractivity contribution in [1.29, 1.82) is 0 Å². The zero-order valence-corrected chi connectivity index (χ0v) is 9.41. The molecule has 0 N–H and O–H groups in total. The van der Waals surface area contributed by atoms with E-state index >= 15 is 0 Å². The Labute approximate surface area is 95.4 Å². The summed E-state index contributed by atoms with van der Waals surface area (Å²) >= 11 is 5.54. The molecule has 0 heterocycles. The van der Waals surface area contributed by atoms with Crippen LogP contribution in [0.2, 0.25) is 5.02 Å². The van der Waals surface area contributed by atoms with Gasteiger partial charge in [0.05, 0.1) is 0 Å². The van der Waals surface area contributed by atoms with Crippen LogP contribution in [0.4, 0.5) is 0 Å². The first-order valence-corrected chi connectivity index (χ1v) is 5.89. The molecule has 2 saturated carbocycles. The fraction of sp³-hybridized carbons (Fsp3) is 0.462. The van der Waals surface area contributed by atoms with Crippen LogP contribution in [0.5, 0.6) is 0 Å². The number of hydrogen-bond donors (Lipinski definition) is 0. The van der Waals surface area contributed by atoms with Crippen LogP contribution in [0.25, 0.3) is 0 Å². The number of carbonyl (C=O) groups excluding carboxylic acids is 1. The highest BCUT2D eigenvalue weighted by atomic mass is 35.5. The van der Waals surface area contributed by atoms with Gasteiger partial charge in [0.1, 0.15) is 5.78 Å². The van der Waals surface area contributed by atoms with Crippen molar-refractivity contribution in [3.63, 3.8) is 0 Å². The standard InChI is InChI=1S/C7H10O.C6H5Cl/c8-7(5-1-2-5)6-3-4-6;7-6-4-2-1-3-5-6/h5-6H,1-4H2;1-5H. The van der Waals surface area contributed by atoms with Crippen molar-refractivity contribution in [1.82, 2.24) is 0 Å². The largest absolute Gasteiger partial charge is 0.299 e. The minimum atomic E-state index is 0.516. The van der Waals surface area contributed by atoms with Gasteiger partial charge in [-0.3, -0.25) is 4.79 Å². The maximum absolute atomic E-state index is 11.0. The van der Waals surface area contributed by atoms with Gasteiger partial charge in [-0.1, -0.05) is 29.8 Å². The summed E-state index contributed by atoms with van der Waals surface area (Å²) in [7, 11) is 0. The Morgan fingerprint density at radius 2 is 1.47 bits per heavy atom. The Balaban J connectivity index is 0.000000115. The minimum Gasteiger partial charge on any atom is -0.299 e. The van der Waals surface area contributed by atoms with E-state index in [0.717, 1.165) is 5.02 Å². The molecule has 0 atom stereocenters. The predicted octanol–water partition coefficient (Wildman–Crippen LogP) is 3.72. The van der Waals surface area contributed by atoms with Crippen molar-refractivity contribution in [2.75, 3.05) is 0 Å². The molecule has 0 unspecified atom stereocenters. The molecule has 0 aliphatic heterocycles. The van der Waals surface area contributed by atoms with E-state index in [9.17, 15) is 4.79 Å². The monoisotopic (exact) mass is 222 g/mol. The van der Waals surface area contributed by atoms with Gasteiger partial charge in [-0.15, -0.1) is 0 Å². The number of halogens is 1. The van der Waals surface area contributed by atoms with Gasteiger partial charge in [0.25, 0.3) is 0 Å². The first-order chi connectivity index (χ1) is 7.27. The fourth-order valence-corrected chi connectivity index (χ4v) is 1.63. The molecule has 2 aliphatic carbocycles. The first-order valence-electron chi connectivity index (χ1n) is 5.51. The van der Waals surface area contributed by atoms with E-state index in [2.05, 4.69) is 0 Å². The summed E-state index contributed by atoms with van der Waals surface area (Å²) in [4.78, 5) is 11.0. The number of Topliss-reactive ketones (excluding diaryl/α,β-unsaturated/α-hetero) is 1. The van der Waals surface area contributed by atoms with E-state index in [1.807, 2.05) is 30.3 Å². The third-order valence-corrected chi connectivity index (χ3v) is 2.94. The lowest BCUT2D eigenvalue weighted by molar-refractivity contribution is -0.121. The zero-order valence-electron chi connectivity index (χ0n) is 8.66. The Kier molecular flexibility index (Phi) is 3.42.